The Morgan fingerprint density at radius 2 is 2.15 bits per heavy atom. The minimum absolute atomic E-state index is 0.0667. The zero-order chi connectivity index (χ0) is 23.3. The number of anilines is 3. The maximum Gasteiger partial charge on any atom is 0.231 e. The standard InChI is InChI=1S/C23H26N8O3/c1-2-15-12-21(29-28-15)25-20-14-22(33-11-10-32)27-23(26-20)31-9-5-7-18(31)19-13-17(30-34-19)16-6-3-4-8-24-16/h3-4,6,8,12-14,18,32H,2,5,7,9-11H2,1H3,(H2,25,26,27,28,29). The van der Waals surface area contributed by atoms with Gasteiger partial charge in [0.05, 0.1) is 18.3 Å². The number of nitrogens with one attached hydrogen (secondary N) is 2. The third-order valence-corrected chi connectivity index (χ3v) is 5.59. The molecule has 1 atom stereocenters. The molecule has 176 valence electrons. The van der Waals surface area contributed by atoms with E-state index in [-0.39, 0.29) is 19.3 Å². The van der Waals surface area contributed by atoms with E-state index in [1.165, 1.54) is 0 Å². The number of ether oxygens (including phenoxy) is 1. The predicted octanol–water partition coefficient (Wildman–Crippen LogP) is 3.27. The number of aliphatic hydroxyl groups is 1. The van der Waals surface area contributed by atoms with Crippen molar-refractivity contribution in [2.45, 2.75) is 32.2 Å². The number of hydrogen-bond donors (Lipinski definition) is 3. The maximum absolute atomic E-state index is 9.20. The fourth-order valence-corrected chi connectivity index (χ4v) is 3.95. The smallest absolute Gasteiger partial charge is 0.231 e. The van der Waals surface area contributed by atoms with Crippen molar-refractivity contribution in [3.63, 3.8) is 0 Å². The molecule has 5 rings (SSSR count). The molecule has 0 radical (unpaired) electrons. The van der Waals surface area contributed by atoms with Gasteiger partial charge >= 0.3 is 0 Å². The fraction of sp³-hybridized carbons (Fsp3) is 0.348. The van der Waals surface area contributed by atoms with Crippen molar-refractivity contribution >= 4 is 17.6 Å². The molecule has 3 N–H and O–H groups in total. The Bertz CT molecular complexity index is 1230. The Labute approximate surface area is 196 Å². The van der Waals surface area contributed by atoms with Gasteiger partial charge in [-0.1, -0.05) is 18.1 Å². The average molecular weight is 463 g/mol. The quantitative estimate of drug-likeness (QED) is 0.340. The Kier molecular flexibility index (Phi) is 6.34. The summed E-state index contributed by atoms with van der Waals surface area (Å²) in [5, 5.41) is 23.9. The number of hydrogen-bond acceptors (Lipinski definition) is 10. The zero-order valence-electron chi connectivity index (χ0n) is 18.8. The number of nitrogens with zero attached hydrogens (tertiary/aromatic N) is 6. The van der Waals surface area contributed by atoms with Crippen molar-refractivity contribution in [1.29, 1.82) is 0 Å². The summed E-state index contributed by atoms with van der Waals surface area (Å²) in [6.07, 6.45) is 4.41. The van der Waals surface area contributed by atoms with Gasteiger partial charge in [-0.05, 0) is 31.4 Å². The van der Waals surface area contributed by atoms with Crippen molar-refractivity contribution < 1.29 is 14.4 Å². The third kappa shape index (κ3) is 4.69. The molecule has 0 spiro atoms. The normalized spacial score (nSPS) is 15.6. The number of H-pyrrole nitrogens is 1. The molecule has 1 unspecified atom stereocenters. The molecule has 34 heavy (non-hydrogen) atoms. The minimum Gasteiger partial charge on any atom is -0.475 e. The van der Waals surface area contributed by atoms with Gasteiger partial charge in [0.25, 0.3) is 0 Å². The molecule has 0 aliphatic carbocycles. The van der Waals surface area contributed by atoms with Crippen molar-refractivity contribution in [3.05, 3.63) is 54.0 Å². The van der Waals surface area contributed by atoms with Gasteiger partial charge in [0, 0.05) is 36.6 Å². The van der Waals surface area contributed by atoms with Crippen molar-refractivity contribution in [3.8, 4) is 17.3 Å². The second-order valence-corrected chi connectivity index (χ2v) is 7.90. The first kappa shape index (κ1) is 21.8. The Morgan fingerprint density at radius 3 is 2.94 bits per heavy atom. The van der Waals surface area contributed by atoms with E-state index in [4.69, 9.17) is 14.2 Å². The molecule has 4 aromatic rings. The highest BCUT2D eigenvalue weighted by molar-refractivity contribution is 5.57. The highest BCUT2D eigenvalue weighted by atomic mass is 16.5. The number of rotatable bonds is 9. The highest BCUT2D eigenvalue weighted by Crippen LogP contribution is 2.37. The SMILES string of the molecule is CCc1cc(Nc2cc(OCCO)nc(N3CCCC3c3cc(-c4ccccn4)no3)n2)n[nH]1. The summed E-state index contributed by atoms with van der Waals surface area (Å²) in [5.41, 5.74) is 2.47. The van der Waals surface area contributed by atoms with Crippen LogP contribution in [0.1, 0.15) is 37.3 Å². The first-order valence-electron chi connectivity index (χ1n) is 11.3. The molecule has 0 saturated carbocycles. The lowest BCUT2D eigenvalue weighted by molar-refractivity contribution is 0.196. The van der Waals surface area contributed by atoms with Crippen LogP contribution in [0.2, 0.25) is 0 Å². The van der Waals surface area contributed by atoms with Crippen LogP contribution in [0.4, 0.5) is 17.6 Å². The largest absolute Gasteiger partial charge is 0.475 e. The summed E-state index contributed by atoms with van der Waals surface area (Å²) in [7, 11) is 0. The summed E-state index contributed by atoms with van der Waals surface area (Å²) < 4.78 is 11.3. The van der Waals surface area contributed by atoms with Crippen molar-refractivity contribution in [2.24, 2.45) is 0 Å². The number of aromatic nitrogens is 6. The Hall–Kier alpha value is -3.99. The fourth-order valence-electron chi connectivity index (χ4n) is 3.95. The summed E-state index contributed by atoms with van der Waals surface area (Å²) in [6, 6.07) is 11.2. The van der Waals surface area contributed by atoms with E-state index in [9.17, 15) is 5.11 Å². The van der Waals surface area contributed by atoms with Crippen LogP contribution in [0, 0.1) is 0 Å². The molecular weight excluding hydrogens is 436 g/mol. The monoisotopic (exact) mass is 462 g/mol. The number of aliphatic hydroxyl groups excluding tert-OH is 1. The molecule has 1 saturated heterocycles. The first-order chi connectivity index (χ1) is 16.7. The minimum atomic E-state index is -0.109. The lowest BCUT2D eigenvalue weighted by atomic mass is 10.1. The second-order valence-electron chi connectivity index (χ2n) is 7.90. The van der Waals surface area contributed by atoms with E-state index in [1.54, 1.807) is 12.3 Å². The Balaban J connectivity index is 1.43. The maximum atomic E-state index is 9.20. The van der Waals surface area contributed by atoms with Crippen LogP contribution in [-0.4, -0.2) is 55.2 Å². The van der Waals surface area contributed by atoms with Gasteiger partial charge in [-0.3, -0.25) is 10.1 Å². The van der Waals surface area contributed by atoms with E-state index >= 15 is 0 Å². The van der Waals surface area contributed by atoms with Crippen molar-refractivity contribution in [1.82, 2.24) is 30.3 Å². The average Bonchev–Trinajstić information content (AvgIpc) is 3.63. The van der Waals surface area contributed by atoms with Crippen LogP contribution in [0.15, 0.2) is 47.1 Å². The highest BCUT2D eigenvalue weighted by Gasteiger charge is 2.32. The van der Waals surface area contributed by atoms with Gasteiger partial charge in [0.1, 0.15) is 18.1 Å². The van der Waals surface area contributed by atoms with E-state index in [1.807, 2.05) is 30.3 Å². The first-order valence-corrected chi connectivity index (χ1v) is 11.3. The molecule has 11 nitrogen and oxygen atoms in total. The van der Waals surface area contributed by atoms with Crippen LogP contribution in [0.3, 0.4) is 0 Å². The van der Waals surface area contributed by atoms with Gasteiger partial charge in [0.15, 0.2) is 11.6 Å². The van der Waals surface area contributed by atoms with Crippen LogP contribution in [0.5, 0.6) is 5.88 Å². The molecule has 4 aromatic heterocycles. The molecule has 0 aromatic carbocycles. The summed E-state index contributed by atoms with van der Waals surface area (Å²) in [5.74, 6) is 2.80. The van der Waals surface area contributed by atoms with Gasteiger partial charge in [-0.25, -0.2) is 0 Å². The van der Waals surface area contributed by atoms with E-state index in [0.717, 1.165) is 43.0 Å². The van der Waals surface area contributed by atoms with Crippen LogP contribution in [-0.2, 0) is 6.42 Å². The molecule has 0 amide bonds. The summed E-state index contributed by atoms with van der Waals surface area (Å²) in [6.45, 7) is 2.84. The lowest BCUT2D eigenvalue weighted by Gasteiger charge is -2.23. The molecule has 1 aliphatic heterocycles. The van der Waals surface area contributed by atoms with Gasteiger partial charge in [0.2, 0.25) is 11.8 Å². The molecule has 0 bridgehead atoms. The molecule has 1 aliphatic rings. The van der Waals surface area contributed by atoms with Gasteiger partial charge in [-0.15, -0.1) is 0 Å². The second kappa shape index (κ2) is 9.87. The van der Waals surface area contributed by atoms with Crippen molar-refractivity contribution in [2.75, 3.05) is 30.0 Å². The zero-order valence-corrected chi connectivity index (χ0v) is 18.8. The van der Waals surface area contributed by atoms with E-state index < -0.39 is 0 Å². The van der Waals surface area contributed by atoms with Crippen LogP contribution in [0.25, 0.3) is 11.4 Å². The molecule has 11 heteroatoms. The number of pyridine rings is 1. The number of aromatic amines is 1. The summed E-state index contributed by atoms with van der Waals surface area (Å²) >= 11 is 0. The lowest BCUT2D eigenvalue weighted by Crippen LogP contribution is -2.25. The number of aryl methyl sites for hydroxylation is 1. The summed E-state index contributed by atoms with van der Waals surface area (Å²) in [4.78, 5) is 15.8. The van der Waals surface area contributed by atoms with Crippen LogP contribution >= 0.6 is 0 Å². The van der Waals surface area contributed by atoms with E-state index in [0.29, 0.717) is 29.2 Å². The molecule has 1 fully saturated rings. The molecular formula is C23H26N8O3. The van der Waals surface area contributed by atoms with E-state index in [2.05, 4.69) is 42.5 Å². The Morgan fingerprint density at radius 1 is 1.21 bits per heavy atom. The van der Waals surface area contributed by atoms with Gasteiger partial charge in [-0.2, -0.15) is 15.1 Å². The third-order valence-electron chi connectivity index (χ3n) is 5.59. The predicted molar refractivity (Wildman–Crippen MR) is 125 cm³/mol. The van der Waals surface area contributed by atoms with Gasteiger partial charge < -0.3 is 24.6 Å². The molecule has 5 heterocycles. The van der Waals surface area contributed by atoms with Crippen LogP contribution < -0.4 is 15.0 Å². The topological polar surface area (TPSA) is 138 Å².